The summed E-state index contributed by atoms with van der Waals surface area (Å²) in [6.45, 7) is 1.72. The van der Waals surface area contributed by atoms with E-state index in [1.807, 2.05) is 0 Å². The molecule has 1 aliphatic carbocycles. The fourth-order valence-corrected chi connectivity index (χ4v) is 2.34. The molecule has 1 aromatic rings. The predicted molar refractivity (Wildman–Crippen MR) is 65.0 cm³/mol. The molecule has 6 heteroatoms. The third-order valence-electron chi connectivity index (χ3n) is 2.62. The van der Waals surface area contributed by atoms with Crippen molar-refractivity contribution >= 4 is 17.7 Å². The number of nitrogens with zero attached hydrogens (tertiary/aromatic N) is 2. The number of hydrogen-bond donors (Lipinski definition) is 2. The molecule has 0 bridgehead atoms. The van der Waals surface area contributed by atoms with E-state index in [-0.39, 0.29) is 0 Å². The normalized spacial score (nSPS) is 18.6. The molecule has 1 heterocycles. The number of carbonyl (C=O) groups is 1. The van der Waals surface area contributed by atoms with Gasteiger partial charge in [0.1, 0.15) is 10.6 Å². The Labute approximate surface area is 104 Å². The zero-order valence-electron chi connectivity index (χ0n) is 9.59. The Morgan fingerprint density at radius 3 is 2.94 bits per heavy atom. The molecule has 1 atom stereocenters. The SMILES string of the molecule is CC(CSc1cnccn1)(NC1CC1)C(=O)O. The molecule has 1 saturated carbocycles. The van der Waals surface area contributed by atoms with Gasteiger partial charge in [-0.2, -0.15) is 0 Å². The maximum atomic E-state index is 11.3. The van der Waals surface area contributed by atoms with Gasteiger partial charge in [0.05, 0.1) is 6.20 Å². The van der Waals surface area contributed by atoms with Gasteiger partial charge in [0, 0.05) is 24.2 Å². The molecule has 0 saturated heterocycles. The first-order valence-corrected chi connectivity index (χ1v) is 6.49. The van der Waals surface area contributed by atoms with Crippen LogP contribution in [0.5, 0.6) is 0 Å². The van der Waals surface area contributed by atoms with Crippen molar-refractivity contribution in [1.29, 1.82) is 0 Å². The smallest absolute Gasteiger partial charge is 0.324 e. The summed E-state index contributed by atoms with van der Waals surface area (Å²) in [4.78, 5) is 19.4. The number of aromatic nitrogens is 2. The van der Waals surface area contributed by atoms with Gasteiger partial charge in [0.25, 0.3) is 0 Å². The topological polar surface area (TPSA) is 75.1 Å². The van der Waals surface area contributed by atoms with Crippen LogP contribution in [-0.4, -0.2) is 38.4 Å². The molecule has 1 aliphatic rings. The fraction of sp³-hybridized carbons (Fsp3) is 0.545. The van der Waals surface area contributed by atoms with Crippen LogP contribution in [-0.2, 0) is 4.79 Å². The first-order chi connectivity index (χ1) is 8.10. The number of carboxylic acid groups (broad SMARTS) is 1. The fourth-order valence-electron chi connectivity index (χ4n) is 1.42. The van der Waals surface area contributed by atoms with Crippen molar-refractivity contribution in [1.82, 2.24) is 15.3 Å². The Bertz CT molecular complexity index is 397. The van der Waals surface area contributed by atoms with Crippen LogP contribution in [0.2, 0.25) is 0 Å². The third-order valence-corrected chi connectivity index (χ3v) is 3.85. The number of carboxylic acids is 1. The summed E-state index contributed by atoms with van der Waals surface area (Å²) in [5.41, 5.74) is -0.899. The highest BCUT2D eigenvalue weighted by Gasteiger charge is 2.38. The zero-order chi connectivity index (χ0) is 12.3. The van der Waals surface area contributed by atoms with E-state index < -0.39 is 11.5 Å². The zero-order valence-corrected chi connectivity index (χ0v) is 10.4. The standard InChI is InChI=1S/C11H15N3O2S/c1-11(10(15)16,14-8-2-3-8)7-17-9-6-12-4-5-13-9/h4-6,8,14H,2-3,7H2,1H3,(H,15,16). The minimum Gasteiger partial charge on any atom is -0.480 e. The quantitative estimate of drug-likeness (QED) is 0.741. The molecule has 0 aromatic carbocycles. The van der Waals surface area contributed by atoms with E-state index in [4.69, 9.17) is 0 Å². The summed E-state index contributed by atoms with van der Waals surface area (Å²) >= 11 is 1.41. The van der Waals surface area contributed by atoms with E-state index in [2.05, 4.69) is 15.3 Å². The second kappa shape index (κ2) is 5.01. The number of nitrogens with one attached hydrogen (secondary N) is 1. The monoisotopic (exact) mass is 253 g/mol. The van der Waals surface area contributed by atoms with E-state index in [9.17, 15) is 9.90 Å². The molecule has 5 nitrogen and oxygen atoms in total. The lowest BCUT2D eigenvalue weighted by Crippen LogP contribution is -2.52. The van der Waals surface area contributed by atoms with Gasteiger partial charge in [0.15, 0.2) is 0 Å². The van der Waals surface area contributed by atoms with Crippen molar-refractivity contribution in [2.45, 2.75) is 36.4 Å². The first kappa shape index (κ1) is 12.3. The molecule has 0 spiro atoms. The maximum absolute atomic E-state index is 11.3. The molecule has 0 aliphatic heterocycles. The van der Waals surface area contributed by atoms with E-state index >= 15 is 0 Å². The van der Waals surface area contributed by atoms with Crippen LogP contribution in [0.3, 0.4) is 0 Å². The van der Waals surface area contributed by atoms with Crippen LogP contribution >= 0.6 is 11.8 Å². The van der Waals surface area contributed by atoms with E-state index in [0.717, 1.165) is 17.9 Å². The average molecular weight is 253 g/mol. The van der Waals surface area contributed by atoms with Crippen molar-refractivity contribution in [2.24, 2.45) is 0 Å². The molecule has 92 valence electrons. The average Bonchev–Trinajstić information content (AvgIpc) is 3.11. The summed E-state index contributed by atoms with van der Waals surface area (Å²) in [5, 5.41) is 13.2. The lowest BCUT2D eigenvalue weighted by atomic mass is 10.1. The first-order valence-electron chi connectivity index (χ1n) is 5.50. The molecule has 1 unspecified atom stereocenters. The van der Waals surface area contributed by atoms with Gasteiger partial charge in [0.2, 0.25) is 0 Å². The van der Waals surface area contributed by atoms with Crippen LogP contribution in [0.4, 0.5) is 0 Å². The van der Waals surface area contributed by atoms with Crippen molar-refractivity contribution in [3.8, 4) is 0 Å². The Balaban J connectivity index is 1.95. The van der Waals surface area contributed by atoms with Crippen LogP contribution in [0, 0.1) is 0 Å². The summed E-state index contributed by atoms with van der Waals surface area (Å²) in [7, 11) is 0. The van der Waals surface area contributed by atoms with Crippen molar-refractivity contribution < 1.29 is 9.90 Å². The third kappa shape index (κ3) is 3.41. The molecule has 1 fully saturated rings. The van der Waals surface area contributed by atoms with E-state index in [1.54, 1.807) is 25.5 Å². The second-order valence-corrected chi connectivity index (χ2v) is 5.38. The maximum Gasteiger partial charge on any atom is 0.324 e. The van der Waals surface area contributed by atoms with Gasteiger partial charge in [-0.05, 0) is 19.8 Å². The number of aliphatic carboxylic acids is 1. The molecule has 0 radical (unpaired) electrons. The van der Waals surface area contributed by atoms with E-state index in [0.29, 0.717) is 11.8 Å². The van der Waals surface area contributed by atoms with Crippen LogP contribution in [0.1, 0.15) is 19.8 Å². The van der Waals surface area contributed by atoms with Gasteiger partial charge in [-0.3, -0.25) is 15.1 Å². The highest BCUT2D eigenvalue weighted by Crippen LogP contribution is 2.26. The van der Waals surface area contributed by atoms with Gasteiger partial charge in [-0.1, -0.05) is 0 Å². The number of hydrogen-bond acceptors (Lipinski definition) is 5. The van der Waals surface area contributed by atoms with Gasteiger partial charge in [-0.15, -0.1) is 11.8 Å². The molecule has 2 N–H and O–H groups in total. The number of rotatable bonds is 6. The van der Waals surface area contributed by atoms with Crippen molar-refractivity contribution in [2.75, 3.05) is 5.75 Å². The molecular weight excluding hydrogens is 238 g/mol. The Morgan fingerprint density at radius 2 is 2.41 bits per heavy atom. The van der Waals surface area contributed by atoms with Crippen LogP contribution in [0.15, 0.2) is 23.6 Å². The minimum atomic E-state index is -0.899. The van der Waals surface area contributed by atoms with E-state index in [1.165, 1.54) is 11.8 Å². The summed E-state index contributed by atoms with van der Waals surface area (Å²) < 4.78 is 0. The Hall–Kier alpha value is -1.14. The van der Waals surface area contributed by atoms with Gasteiger partial charge < -0.3 is 5.11 Å². The minimum absolute atomic E-state index is 0.360. The second-order valence-electron chi connectivity index (χ2n) is 4.39. The van der Waals surface area contributed by atoms with Crippen LogP contribution in [0.25, 0.3) is 0 Å². The van der Waals surface area contributed by atoms with Crippen molar-refractivity contribution in [3.05, 3.63) is 18.6 Å². The highest BCUT2D eigenvalue weighted by molar-refractivity contribution is 7.99. The summed E-state index contributed by atoms with van der Waals surface area (Å²) in [5.74, 6) is -0.377. The lowest BCUT2D eigenvalue weighted by molar-refractivity contribution is -0.143. The Kier molecular flexibility index (Phi) is 3.63. The summed E-state index contributed by atoms with van der Waals surface area (Å²) in [6.07, 6.45) is 6.99. The number of thioether (sulfide) groups is 1. The van der Waals surface area contributed by atoms with Gasteiger partial charge >= 0.3 is 5.97 Å². The molecule has 17 heavy (non-hydrogen) atoms. The Morgan fingerprint density at radius 1 is 1.65 bits per heavy atom. The molecule has 0 amide bonds. The van der Waals surface area contributed by atoms with Crippen LogP contribution < -0.4 is 5.32 Å². The predicted octanol–water partition coefficient (Wildman–Crippen LogP) is 1.16. The molecule has 1 aromatic heterocycles. The van der Waals surface area contributed by atoms with Crippen molar-refractivity contribution in [3.63, 3.8) is 0 Å². The lowest BCUT2D eigenvalue weighted by Gasteiger charge is -2.25. The molecular formula is C11H15N3O2S. The summed E-state index contributed by atoms with van der Waals surface area (Å²) in [6, 6.07) is 0.360. The largest absolute Gasteiger partial charge is 0.480 e. The highest BCUT2D eigenvalue weighted by atomic mass is 32.2. The van der Waals surface area contributed by atoms with Gasteiger partial charge in [-0.25, -0.2) is 4.98 Å². The molecule has 2 rings (SSSR count).